The van der Waals surface area contributed by atoms with E-state index in [0.29, 0.717) is 22.4 Å². The molecule has 0 fully saturated rings. The van der Waals surface area contributed by atoms with Crippen molar-refractivity contribution < 1.29 is 4.79 Å². The Hall–Kier alpha value is -2.45. The highest BCUT2D eigenvalue weighted by Crippen LogP contribution is 2.22. The number of nitrogens with one attached hydrogen (secondary N) is 1. The normalized spacial score (nSPS) is 10.7. The molecule has 1 aromatic carbocycles. The highest BCUT2D eigenvalue weighted by atomic mass is 35.5. The molecule has 10 heteroatoms. The van der Waals surface area contributed by atoms with Crippen LogP contribution >= 0.6 is 23.2 Å². The van der Waals surface area contributed by atoms with Crippen molar-refractivity contribution >= 4 is 34.9 Å². The van der Waals surface area contributed by atoms with Crippen LogP contribution in [-0.4, -0.2) is 35.9 Å². The predicted octanol–water partition coefficient (Wildman–Crippen LogP) is 1.86. The summed E-state index contributed by atoms with van der Waals surface area (Å²) >= 11 is 12.0. The van der Waals surface area contributed by atoms with Crippen LogP contribution in [0.15, 0.2) is 36.8 Å². The number of aromatic nitrogens is 6. The van der Waals surface area contributed by atoms with Gasteiger partial charge in [0.05, 0.1) is 12.7 Å². The van der Waals surface area contributed by atoms with E-state index in [1.165, 1.54) is 11.0 Å². The molecule has 0 aliphatic rings. The van der Waals surface area contributed by atoms with Crippen molar-refractivity contribution in [3.05, 3.63) is 52.4 Å². The third kappa shape index (κ3) is 3.85. The molecule has 0 spiro atoms. The summed E-state index contributed by atoms with van der Waals surface area (Å²) in [5, 5.41) is 18.6. The van der Waals surface area contributed by atoms with Crippen molar-refractivity contribution in [3.63, 3.8) is 0 Å². The monoisotopic (exact) mass is 351 g/mol. The summed E-state index contributed by atoms with van der Waals surface area (Å²) in [5.41, 5.74) is 0.843. The summed E-state index contributed by atoms with van der Waals surface area (Å²) in [4.78, 5) is 12.0. The summed E-state index contributed by atoms with van der Waals surface area (Å²) in [7, 11) is 0. The first-order valence-electron chi connectivity index (χ1n) is 6.58. The standard InChI is InChI=1S/C13H11Cl2N7O/c14-10-2-1-9(11(15)5-10)6-22-12(3-4-17-22)18-13(23)7-21-8-16-19-20-21/h1-5,8H,6-7H2,(H,18,23). The van der Waals surface area contributed by atoms with Crippen LogP contribution in [-0.2, 0) is 17.9 Å². The van der Waals surface area contributed by atoms with Gasteiger partial charge in [0.25, 0.3) is 0 Å². The molecule has 0 radical (unpaired) electrons. The molecule has 3 rings (SSSR count). The van der Waals surface area contributed by atoms with E-state index in [1.54, 1.807) is 29.1 Å². The summed E-state index contributed by atoms with van der Waals surface area (Å²) in [6.45, 7) is 0.420. The Labute approximate surface area is 141 Å². The molecular weight excluding hydrogens is 341 g/mol. The molecule has 118 valence electrons. The quantitative estimate of drug-likeness (QED) is 0.757. The molecule has 0 aliphatic heterocycles. The zero-order valence-corrected chi connectivity index (χ0v) is 13.2. The maximum Gasteiger partial charge on any atom is 0.247 e. The first-order valence-corrected chi connectivity index (χ1v) is 7.34. The van der Waals surface area contributed by atoms with Gasteiger partial charge in [-0.15, -0.1) is 5.10 Å². The van der Waals surface area contributed by atoms with Gasteiger partial charge in [0, 0.05) is 16.1 Å². The van der Waals surface area contributed by atoms with Crippen LogP contribution in [0.3, 0.4) is 0 Å². The summed E-state index contributed by atoms with van der Waals surface area (Å²) in [6.07, 6.45) is 2.96. The first kappa shape index (κ1) is 15.4. The smallest absolute Gasteiger partial charge is 0.247 e. The van der Waals surface area contributed by atoms with Gasteiger partial charge in [0.15, 0.2) is 0 Å². The van der Waals surface area contributed by atoms with E-state index in [-0.39, 0.29) is 12.5 Å². The minimum Gasteiger partial charge on any atom is -0.309 e. The lowest BCUT2D eigenvalue weighted by molar-refractivity contribution is -0.117. The third-order valence-electron chi connectivity index (χ3n) is 3.02. The average Bonchev–Trinajstić information content (AvgIpc) is 3.14. The number of hydrogen-bond donors (Lipinski definition) is 1. The van der Waals surface area contributed by atoms with Crippen molar-refractivity contribution in [2.45, 2.75) is 13.1 Å². The molecule has 0 saturated carbocycles. The van der Waals surface area contributed by atoms with Crippen molar-refractivity contribution in [2.75, 3.05) is 5.32 Å². The molecule has 1 N–H and O–H groups in total. The van der Waals surface area contributed by atoms with Crippen LogP contribution in [0.1, 0.15) is 5.56 Å². The molecule has 1 amide bonds. The van der Waals surface area contributed by atoms with Gasteiger partial charge >= 0.3 is 0 Å². The van der Waals surface area contributed by atoms with Crippen LogP contribution in [0.25, 0.3) is 0 Å². The summed E-state index contributed by atoms with van der Waals surface area (Å²) in [5.74, 6) is 0.287. The van der Waals surface area contributed by atoms with Crippen molar-refractivity contribution in [1.29, 1.82) is 0 Å². The Morgan fingerprint density at radius 3 is 2.87 bits per heavy atom. The van der Waals surface area contributed by atoms with E-state index in [4.69, 9.17) is 23.2 Å². The number of tetrazole rings is 1. The fourth-order valence-electron chi connectivity index (χ4n) is 1.96. The SMILES string of the molecule is O=C(Cn1cnnn1)Nc1ccnn1Cc1ccc(Cl)cc1Cl. The van der Waals surface area contributed by atoms with Crippen LogP contribution in [0.4, 0.5) is 5.82 Å². The van der Waals surface area contributed by atoms with Gasteiger partial charge < -0.3 is 5.32 Å². The molecular formula is C13H11Cl2N7O. The van der Waals surface area contributed by atoms with E-state index in [2.05, 4.69) is 25.9 Å². The van der Waals surface area contributed by atoms with E-state index >= 15 is 0 Å². The zero-order valence-electron chi connectivity index (χ0n) is 11.7. The van der Waals surface area contributed by atoms with Crippen LogP contribution < -0.4 is 5.32 Å². The van der Waals surface area contributed by atoms with Crippen LogP contribution in [0, 0.1) is 0 Å². The van der Waals surface area contributed by atoms with Gasteiger partial charge in [0.1, 0.15) is 18.7 Å². The maximum atomic E-state index is 12.0. The second kappa shape index (κ2) is 6.76. The number of nitrogens with zero attached hydrogens (tertiary/aromatic N) is 6. The Bertz CT molecular complexity index is 816. The van der Waals surface area contributed by atoms with Gasteiger partial charge in [-0.25, -0.2) is 9.36 Å². The number of anilines is 1. The topological polar surface area (TPSA) is 90.5 Å². The lowest BCUT2D eigenvalue weighted by Gasteiger charge is -2.10. The fourth-order valence-corrected chi connectivity index (χ4v) is 2.43. The minimum atomic E-state index is -0.263. The van der Waals surface area contributed by atoms with E-state index < -0.39 is 0 Å². The number of rotatable bonds is 5. The van der Waals surface area contributed by atoms with Gasteiger partial charge in [-0.3, -0.25) is 4.79 Å². The van der Waals surface area contributed by atoms with Gasteiger partial charge in [0.2, 0.25) is 5.91 Å². The second-order valence-electron chi connectivity index (χ2n) is 4.67. The Morgan fingerprint density at radius 1 is 1.26 bits per heavy atom. The largest absolute Gasteiger partial charge is 0.309 e. The molecule has 3 aromatic rings. The highest BCUT2D eigenvalue weighted by Gasteiger charge is 2.10. The summed E-state index contributed by atoms with van der Waals surface area (Å²) < 4.78 is 2.96. The molecule has 2 heterocycles. The number of halogens is 2. The van der Waals surface area contributed by atoms with Gasteiger partial charge in [-0.05, 0) is 28.1 Å². The van der Waals surface area contributed by atoms with Crippen molar-refractivity contribution in [3.8, 4) is 0 Å². The number of hydrogen-bond acceptors (Lipinski definition) is 5. The van der Waals surface area contributed by atoms with Crippen molar-refractivity contribution in [1.82, 2.24) is 30.0 Å². The lowest BCUT2D eigenvalue weighted by Crippen LogP contribution is -2.21. The lowest BCUT2D eigenvalue weighted by atomic mass is 10.2. The number of carbonyl (C=O) groups excluding carboxylic acids is 1. The predicted molar refractivity (Wildman–Crippen MR) is 84.2 cm³/mol. The van der Waals surface area contributed by atoms with Gasteiger partial charge in [-0.1, -0.05) is 29.3 Å². The van der Waals surface area contributed by atoms with E-state index in [9.17, 15) is 4.79 Å². The number of amides is 1. The molecule has 0 saturated heterocycles. The molecule has 2 aromatic heterocycles. The molecule has 0 aliphatic carbocycles. The molecule has 0 bridgehead atoms. The Balaban J connectivity index is 1.70. The van der Waals surface area contributed by atoms with E-state index in [0.717, 1.165) is 5.56 Å². The van der Waals surface area contributed by atoms with Crippen molar-refractivity contribution in [2.24, 2.45) is 0 Å². The molecule has 0 atom stereocenters. The van der Waals surface area contributed by atoms with E-state index in [1.807, 2.05) is 6.07 Å². The number of carbonyl (C=O) groups is 1. The van der Waals surface area contributed by atoms with Crippen LogP contribution in [0.2, 0.25) is 10.0 Å². The summed E-state index contributed by atoms with van der Waals surface area (Å²) in [6, 6.07) is 6.93. The fraction of sp³-hybridized carbons (Fsp3) is 0.154. The van der Waals surface area contributed by atoms with Gasteiger partial charge in [-0.2, -0.15) is 5.10 Å². The third-order valence-corrected chi connectivity index (χ3v) is 3.60. The number of benzene rings is 1. The molecule has 8 nitrogen and oxygen atoms in total. The Morgan fingerprint density at radius 2 is 2.13 bits per heavy atom. The molecule has 0 unspecified atom stereocenters. The highest BCUT2D eigenvalue weighted by molar-refractivity contribution is 6.35. The first-order chi connectivity index (χ1) is 11.1. The average molecular weight is 352 g/mol. The minimum absolute atomic E-state index is 0.0138. The maximum absolute atomic E-state index is 12.0. The molecule has 23 heavy (non-hydrogen) atoms. The Kier molecular flexibility index (Phi) is 4.54. The zero-order chi connectivity index (χ0) is 16.2. The van der Waals surface area contributed by atoms with Crippen LogP contribution in [0.5, 0.6) is 0 Å². The second-order valence-corrected chi connectivity index (χ2v) is 5.51.